The summed E-state index contributed by atoms with van der Waals surface area (Å²) in [5.74, 6) is 0. The summed E-state index contributed by atoms with van der Waals surface area (Å²) in [6, 6.07) is 10.4. The molecule has 16 heavy (non-hydrogen) atoms. The van der Waals surface area contributed by atoms with Crippen molar-refractivity contribution >= 4 is 31.0 Å². The largest absolute Gasteiger partial charge is 0.330 e. The van der Waals surface area contributed by atoms with Crippen molar-refractivity contribution in [3.8, 4) is 0 Å². The van der Waals surface area contributed by atoms with Crippen LogP contribution in [0.5, 0.6) is 0 Å². The Bertz CT molecular complexity index is 387. The molecule has 1 heterocycles. The summed E-state index contributed by atoms with van der Waals surface area (Å²) in [5.41, 5.74) is 6.75. The minimum Gasteiger partial charge on any atom is -0.330 e. The van der Waals surface area contributed by atoms with Gasteiger partial charge in [-0.1, -0.05) is 30.3 Å². The number of nitrogens with zero attached hydrogens (tertiary/aromatic N) is 2. The van der Waals surface area contributed by atoms with Crippen LogP contribution in [0.1, 0.15) is 18.4 Å². The van der Waals surface area contributed by atoms with E-state index in [9.17, 15) is 0 Å². The highest BCUT2D eigenvalue weighted by atomic mass is 127. The number of halogens is 1. The fraction of sp³-hybridized carbons (Fsp3) is 0.333. The first-order valence-electron chi connectivity index (χ1n) is 5.48. The molecular formula is C12H16IN3. The maximum Gasteiger partial charge on any atom is 0.121 e. The molecule has 1 aliphatic heterocycles. The molecule has 0 bridgehead atoms. The molecule has 86 valence electrons. The number of hydrogen-bond acceptors (Lipinski definition) is 3. The lowest BCUT2D eigenvalue weighted by Gasteiger charge is -2.08. The van der Waals surface area contributed by atoms with Gasteiger partial charge in [-0.25, -0.2) is 4.99 Å². The Morgan fingerprint density at radius 2 is 2.00 bits per heavy atom. The fourth-order valence-corrected chi connectivity index (χ4v) is 3.77. The Morgan fingerprint density at radius 3 is 2.75 bits per heavy atom. The van der Waals surface area contributed by atoms with E-state index in [1.165, 1.54) is 15.6 Å². The molecule has 0 aliphatic carbocycles. The first kappa shape index (κ1) is 11.7. The molecule has 2 N–H and O–H groups in total. The molecule has 1 aliphatic rings. The van der Waals surface area contributed by atoms with Crippen LogP contribution in [0, 0.1) is 0 Å². The van der Waals surface area contributed by atoms with Crippen LogP contribution < -0.4 is 5.73 Å². The van der Waals surface area contributed by atoms with Gasteiger partial charge >= 0.3 is 0 Å². The van der Waals surface area contributed by atoms with Crippen molar-refractivity contribution in [1.82, 2.24) is 3.11 Å². The van der Waals surface area contributed by atoms with Gasteiger partial charge in [-0.05, 0) is 19.4 Å². The monoisotopic (exact) mass is 329 g/mol. The standard InChI is InChI=1S/C12H16IN3/c14-8-4-5-9-16-10-15-12(13-16)11-6-2-1-3-7-11/h1-3,6-7,10H,4-5,8-9,14H2. The van der Waals surface area contributed by atoms with Crippen molar-refractivity contribution in [2.75, 3.05) is 13.1 Å². The van der Waals surface area contributed by atoms with E-state index in [1.54, 1.807) is 0 Å². The Kier molecular flexibility index (Phi) is 4.47. The lowest BCUT2D eigenvalue weighted by molar-refractivity contribution is 0.641. The third-order valence-electron chi connectivity index (χ3n) is 2.32. The average molecular weight is 329 g/mol. The van der Waals surface area contributed by atoms with Crippen LogP contribution in [-0.2, 0) is 0 Å². The summed E-state index contributed by atoms with van der Waals surface area (Å²) in [4.78, 5) is 4.50. The molecular weight excluding hydrogens is 313 g/mol. The number of benzene rings is 1. The van der Waals surface area contributed by atoms with Crippen LogP contribution in [0.3, 0.4) is 0 Å². The second-order valence-corrected chi connectivity index (χ2v) is 6.35. The summed E-state index contributed by atoms with van der Waals surface area (Å²) in [7, 11) is 0. The van der Waals surface area contributed by atoms with E-state index in [4.69, 9.17) is 5.73 Å². The number of nitrogens with two attached hydrogens (primary N) is 1. The summed E-state index contributed by atoms with van der Waals surface area (Å²) in [6.45, 7) is 1.89. The number of rotatable bonds is 5. The van der Waals surface area contributed by atoms with Crippen LogP contribution in [0.15, 0.2) is 35.3 Å². The predicted octanol–water partition coefficient (Wildman–Crippen LogP) is 2.13. The van der Waals surface area contributed by atoms with Crippen LogP contribution in [-0.4, -0.2) is 26.2 Å². The van der Waals surface area contributed by atoms with Crippen LogP contribution >= 0.6 is 21.0 Å². The average Bonchev–Trinajstić information content (AvgIpc) is 2.79. The lowest BCUT2D eigenvalue weighted by atomic mass is 10.2. The molecule has 0 aromatic heterocycles. The molecule has 3 nitrogen and oxygen atoms in total. The van der Waals surface area contributed by atoms with Gasteiger partial charge in [0.1, 0.15) is 9.97 Å². The van der Waals surface area contributed by atoms with Gasteiger partial charge < -0.3 is 8.85 Å². The zero-order chi connectivity index (χ0) is 11.2. The first-order chi connectivity index (χ1) is 7.90. The predicted molar refractivity (Wildman–Crippen MR) is 78.1 cm³/mol. The van der Waals surface area contributed by atoms with Crippen molar-refractivity contribution in [2.24, 2.45) is 10.7 Å². The van der Waals surface area contributed by atoms with Crippen LogP contribution in [0.4, 0.5) is 0 Å². The molecule has 0 saturated heterocycles. The highest BCUT2D eigenvalue weighted by molar-refractivity contribution is 14.2. The van der Waals surface area contributed by atoms with Crippen LogP contribution in [0.25, 0.3) is 0 Å². The SMILES string of the molecule is NCCCCN1C=NC(c2ccccc2)=I1. The first-order valence-corrected chi connectivity index (χ1v) is 7.53. The van der Waals surface area contributed by atoms with Crippen molar-refractivity contribution < 1.29 is 0 Å². The van der Waals surface area contributed by atoms with Gasteiger partial charge in [0.25, 0.3) is 0 Å². The molecule has 0 radical (unpaired) electrons. The quantitative estimate of drug-likeness (QED) is 0.511. The zero-order valence-electron chi connectivity index (χ0n) is 9.14. The van der Waals surface area contributed by atoms with Gasteiger partial charge in [0.05, 0.1) is 0 Å². The smallest absolute Gasteiger partial charge is 0.121 e. The molecule has 1 aromatic carbocycles. The molecule has 0 spiro atoms. The van der Waals surface area contributed by atoms with Gasteiger partial charge in [-0.15, -0.1) is 0 Å². The lowest BCUT2D eigenvalue weighted by Crippen LogP contribution is -2.11. The van der Waals surface area contributed by atoms with Crippen molar-refractivity contribution in [1.29, 1.82) is 0 Å². The van der Waals surface area contributed by atoms with Crippen molar-refractivity contribution in [3.05, 3.63) is 35.9 Å². The van der Waals surface area contributed by atoms with E-state index in [-0.39, 0.29) is 21.0 Å². The van der Waals surface area contributed by atoms with Crippen LogP contribution in [0.2, 0.25) is 0 Å². The van der Waals surface area contributed by atoms with E-state index in [0.717, 1.165) is 19.5 Å². The van der Waals surface area contributed by atoms with E-state index in [0.29, 0.717) is 0 Å². The summed E-state index contributed by atoms with van der Waals surface area (Å²) >= 11 is -0.0991. The summed E-state index contributed by atoms with van der Waals surface area (Å²) in [6.07, 6.45) is 4.27. The second-order valence-electron chi connectivity index (χ2n) is 3.60. The normalized spacial score (nSPS) is 14.8. The molecule has 1 aromatic rings. The van der Waals surface area contributed by atoms with E-state index in [1.807, 2.05) is 12.4 Å². The van der Waals surface area contributed by atoms with Gasteiger partial charge in [-0.2, -0.15) is 0 Å². The summed E-state index contributed by atoms with van der Waals surface area (Å²) in [5, 5.41) is 0. The zero-order valence-corrected chi connectivity index (χ0v) is 11.3. The van der Waals surface area contributed by atoms with Gasteiger partial charge in [0.15, 0.2) is 0 Å². The van der Waals surface area contributed by atoms with Gasteiger partial charge in [0.2, 0.25) is 0 Å². The Labute approximate surface area is 106 Å². The third-order valence-corrected chi connectivity index (χ3v) is 5.03. The third kappa shape index (κ3) is 3.12. The molecule has 2 rings (SSSR count). The molecule has 0 atom stereocenters. The minimum atomic E-state index is -0.0991. The topological polar surface area (TPSA) is 41.6 Å². The number of hydrogen-bond donors (Lipinski definition) is 1. The minimum absolute atomic E-state index is 0.0991. The molecule has 0 fully saturated rings. The Hall–Kier alpha value is -0.750. The van der Waals surface area contributed by atoms with Crippen molar-refractivity contribution in [3.63, 3.8) is 0 Å². The Morgan fingerprint density at radius 1 is 1.19 bits per heavy atom. The van der Waals surface area contributed by atoms with E-state index < -0.39 is 0 Å². The highest BCUT2D eigenvalue weighted by Crippen LogP contribution is 2.20. The maximum atomic E-state index is 5.48. The summed E-state index contributed by atoms with van der Waals surface area (Å²) < 4.78 is 3.63. The van der Waals surface area contributed by atoms with Crippen molar-refractivity contribution in [2.45, 2.75) is 12.8 Å². The molecule has 0 amide bonds. The Balaban J connectivity index is 1.94. The maximum absolute atomic E-state index is 5.48. The van der Waals surface area contributed by atoms with Gasteiger partial charge in [0, 0.05) is 33.1 Å². The number of aliphatic imine (C=N–C) groups is 1. The molecule has 0 unspecified atom stereocenters. The molecule has 4 heteroatoms. The second kappa shape index (κ2) is 6.10. The van der Waals surface area contributed by atoms with E-state index in [2.05, 4.69) is 32.4 Å². The van der Waals surface area contributed by atoms with Gasteiger partial charge in [-0.3, -0.25) is 0 Å². The fourth-order valence-electron chi connectivity index (χ4n) is 1.47. The van der Waals surface area contributed by atoms with E-state index >= 15 is 0 Å². The highest BCUT2D eigenvalue weighted by Gasteiger charge is 2.09. The number of unbranched alkanes of at least 4 members (excludes halogenated alkanes) is 1. The molecule has 0 saturated carbocycles.